The second kappa shape index (κ2) is 3.84. The van der Waals surface area contributed by atoms with Crippen LogP contribution in [-0.2, 0) is 4.79 Å². The summed E-state index contributed by atoms with van der Waals surface area (Å²) in [5.74, 6) is 0.524. The summed E-state index contributed by atoms with van der Waals surface area (Å²) in [7, 11) is 3.06. The van der Waals surface area contributed by atoms with Crippen molar-refractivity contribution in [2.24, 2.45) is 0 Å². The third-order valence-corrected chi connectivity index (χ3v) is 2.57. The van der Waals surface area contributed by atoms with E-state index >= 15 is 0 Å². The summed E-state index contributed by atoms with van der Waals surface area (Å²) in [5.41, 5.74) is 0.698. The van der Waals surface area contributed by atoms with Crippen LogP contribution >= 0.6 is 0 Å². The minimum Gasteiger partial charge on any atom is -0.497 e. The fourth-order valence-corrected chi connectivity index (χ4v) is 1.56. The highest BCUT2D eigenvalue weighted by atomic mass is 16.5. The average Bonchev–Trinajstić information content (AvgIpc) is 2.57. The lowest BCUT2D eigenvalue weighted by Crippen LogP contribution is -2.29. The zero-order chi connectivity index (χ0) is 11.7. The molecular weight excluding hydrogens is 208 g/mol. The van der Waals surface area contributed by atoms with Gasteiger partial charge in [0, 0.05) is 12.7 Å². The molecule has 2 rings (SSSR count). The van der Waals surface area contributed by atoms with Crippen molar-refractivity contribution in [3.05, 3.63) is 24.3 Å². The van der Waals surface area contributed by atoms with E-state index in [4.69, 9.17) is 4.74 Å². The van der Waals surface area contributed by atoms with E-state index in [0.29, 0.717) is 5.69 Å². The molecule has 5 nitrogen and oxygen atoms in total. The van der Waals surface area contributed by atoms with Crippen molar-refractivity contribution >= 4 is 17.6 Å². The van der Waals surface area contributed by atoms with Crippen LogP contribution in [0, 0.1) is 0 Å². The summed E-state index contributed by atoms with van der Waals surface area (Å²) >= 11 is 0. The van der Waals surface area contributed by atoms with Crippen LogP contribution in [0.2, 0.25) is 0 Å². The van der Waals surface area contributed by atoms with Crippen LogP contribution in [0.15, 0.2) is 24.3 Å². The van der Waals surface area contributed by atoms with Crippen LogP contribution in [0.1, 0.15) is 0 Å². The maximum absolute atomic E-state index is 11.7. The molecule has 5 heteroatoms. The fourth-order valence-electron chi connectivity index (χ4n) is 1.56. The highest BCUT2D eigenvalue weighted by molar-refractivity contribution is 6.11. The number of hydrogen-bond acceptors (Lipinski definition) is 3. The first-order valence-corrected chi connectivity index (χ1v) is 4.85. The van der Waals surface area contributed by atoms with Crippen molar-refractivity contribution in [2.75, 3.05) is 25.6 Å². The van der Waals surface area contributed by atoms with E-state index in [-0.39, 0.29) is 18.5 Å². The lowest BCUT2D eigenvalue weighted by Gasteiger charge is -2.14. The third kappa shape index (κ3) is 1.60. The number of benzene rings is 1. The number of likely N-dealkylation sites (N-methyl/N-ethyl adjacent to an activating group) is 1. The number of hydrogen-bond donors (Lipinski definition) is 0. The van der Waals surface area contributed by atoms with Gasteiger partial charge in [-0.2, -0.15) is 0 Å². The summed E-state index contributed by atoms with van der Waals surface area (Å²) in [6, 6.07) is 6.72. The van der Waals surface area contributed by atoms with E-state index in [0.717, 1.165) is 10.6 Å². The van der Waals surface area contributed by atoms with Crippen LogP contribution in [0.4, 0.5) is 10.5 Å². The number of carbonyl (C=O) groups is 2. The van der Waals surface area contributed by atoms with Gasteiger partial charge in [-0.25, -0.2) is 4.79 Å². The fraction of sp³-hybridized carbons (Fsp3) is 0.273. The molecule has 84 valence electrons. The van der Waals surface area contributed by atoms with Crippen molar-refractivity contribution in [1.29, 1.82) is 0 Å². The number of anilines is 1. The molecule has 1 aliphatic heterocycles. The Morgan fingerprint density at radius 1 is 1.19 bits per heavy atom. The maximum Gasteiger partial charge on any atom is 0.331 e. The van der Waals surface area contributed by atoms with Gasteiger partial charge in [0.25, 0.3) is 0 Å². The molecule has 0 saturated carbocycles. The van der Waals surface area contributed by atoms with Crippen molar-refractivity contribution in [3.8, 4) is 5.75 Å². The zero-order valence-corrected chi connectivity index (χ0v) is 9.14. The second-order valence-corrected chi connectivity index (χ2v) is 3.52. The SMILES string of the molecule is COc1ccc(N2CC(=O)N(C)C2=O)cc1. The first-order valence-electron chi connectivity index (χ1n) is 4.85. The largest absolute Gasteiger partial charge is 0.497 e. The van der Waals surface area contributed by atoms with Crippen molar-refractivity contribution < 1.29 is 14.3 Å². The molecule has 1 aromatic carbocycles. The summed E-state index contributed by atoms with van der Waals surface area (Å²) in [5, 5.41) is 0. The normalized spacial score (nSPS) is 15.9. The summed E-state index contributed by atoms with van der Waals surface area (Å²) in [6.45, 7) is 0.0989. The monoisotopic (exact) mass is 220 g/mol. The number of methoxy groups -OCH3 is 1. The molecule has 0 N–H and O–H groups in total. The molecule has 0 spiro atoms. The summed E-state index contributed by atoms with van der Waals surface area (Å²) < 4.78 is 5.02. The lowest BCUT2D eigenvalue weighted by molar-refractivity contribution is -0.123. The maximum atomic E-state index is 11.7. The molecule has 0 radical (unpaired) electrons. The minimum atomic E-state index is -0.296. The van der Waals surface area contributed by atoms with Crippen LogP contribution in [0.5, 0.6) is 5.75 Å². The molecule has 0 aromatic heterocycles. The molecule has 0 aliphatic carbocycles. The van der Waals surface area contributed by atoms with Gasteiger partial charge in [-0.1, -0.05) is 0 Å². The molecule has 3 amide bonds. The molecule has 1 fully saturated rings. The van der Waals surface area contributed by atoms with E-state index in [1.807, 2.05) is 0 Å². The number of urea groups is 1. The first kappa shape index (κ1) is 10.5. The van der Waals surface area contributed by atoms with Crippen molar-refractivity contribution in [3.63, 3.8) is 0 Å². The molecular formula is C11H12N2O3. The van der Waals surface area contributed by atoms with Gasteiger partial charge in [0.1, 0.15) is 12.3 Å². The van der Waals surface area contributed by atoms with Crippen LogP contribution in [0.25, 0.3) is 0 Å². The molecule has 0 unspecified atom stereocenters. The van der Waals surface area contributed by atoms with Gasteiger partial charge in [-0.15, -0.1) is 0 Å². The standard InChI is InChI=1S/C11H12N2O3/c1-12-10(14)7-13(11(12)15)8-3-5-9(16-2)6-4-8/h3-6H,7H2,1-2H3. The first-order chi connectivity index (χ1) is 7.63. The zero-order valence-electron chi connectivity index (χ0n) is 9.14. The van der Waals surface area contributed by atoms with Crippen LogP contribution in [0.3, 0.4) is 0 Å². The van der Waals surface area contributed by atoms with Gasteiger partial charge < -0.3 is 4.74 Å². The Bertz CT molecular complexity index is 427. The molecule has 1 saturated heterocycles. The van der Waals surface area contributed by atoms with E-state index < -0.39 is 0 Å². The van der Waals surface area contributed by atoms with Gasteiger partial charge in [-0.3, -0.25) is 14.6 Å². The molecule has 1 aliphatic rings. The molecule has 1 aromatic rings. The number of nitrogens with zero attached hydrogens (tertiary/aromatic N) is 2. The molecule has 0 bridgehead atoms. The van der Waals surface area contributed by atoms with Gasteiger partial charge in [0.05, 0.1) is 7.11 Å². The Kier molecular flexibility index (Phi) is 2.52. The van der Waals surface area contributed by atoms with Gasteiger partial charge in [-0.05, 0) is 24.3 Å². The molecule has 1 heterocycles. The number of ether oxygens (including phenoxy) is 1. The Hall–Kier alpha value is -2.04. The second-order valence-electron chi connectivity index (χ2n) is 3.52. The van der Waals surface area contributed by atoms with E-state index in [9.17, 15) is 9.59 Å². The lowest BCUT2D eigenvalue weighted by atomic mass is 10.3. The molecule has 0 atom stereocenters. The Labute approximate surface area is 93.2 Å². The predicted octanol–water partition coefficient (Wildman–Crippen LogP) is 1.09. The Morgan fingerprint density at radius 2 is 1.81 bits per heavy atom. The Morgan fingerprint density at radius 3 is 2.25 bits per heavy atom. The minimum absolute atomic E-state index is 0.0989. The average molecular weight is 220 g/mol. The highest BCUT2D eigenvalue weighted by Gasteiger charge is 2.33. The van der Waals surface area contributed by atoms with E-state index in [1.165, 1.54) is 11.9 Å². The topological polar surface area (TPSA) is 49.9 Å². The van der Waals surface area contributed by atoms with Gasteiger partial charge in [0.15, 0.2) is 0 Å². The summed E-state index contributed by atoms with van der Waals surface area (Å²) in [4.78, 5) is 25.5. The smallest absolute Gasteiger partial charge is 0.331 e. The third-order valence-electron chi connectivity index (χ3n) is 2.57. The number of imide groups is 1. The predicted molar refractivity (Wildman–Crippen MR) is 58.5 cm³/mol. The van der Waals surface area contributed by atoms with Crippen molar-refractivity contribution in [1.82, 2.24) is 4.90 Å². The number of amides is 3. The van der Waals surface area contributed by atoms with Crippen LogP contribution in [-0.4, -0.2) is 37.5 Å². The van der Waals surface area contributed by atoms with E-state index in [2.05, 4.69) is 0 Å². The van der Waals surface area contributed by atoms with E-state index in [1.54, 1.807) is 31.4 Å². The molecule has 16 heavy (non-hydrogen) atoms. The van der Waals surface area contributed by atoms with Gasteiger partial charge >= 0.3 is 6.03 Å². The van der Waals surface area contributed by atoms with Crippen molar-refractivity contribution in [2.45, 2.75) is 0 Å². The Balaban J connectivity index is 2.25. The number of rotatable bonds is 2. The number of carbonyl (C=O) groups excluding carboxylic acids is 2. The summed E-state index contributed by atoms with van der Waals surface area (Å²) in [6.07, 6.45) is 0. The quantitative estimate of drug-likeness (QED) is 0.701. The highest BCUT2D eigenvalue weighted by Crippen LogP contribution is 2.22. The van der Waals surface area contributed by atoms with Gasteiger partial charge in [0.2, 0.25) is 5.91 Å². The van der Waals surface area contributed by atoms with Crippen LogP contribution < -0.4 is 9.64 Å².